The molecule has 2 N–H and O–H groups in total. The van der Waals surface area contributed by atoms with Crippen molar-refractivity contribution >= 4 is 11.6 Å². The molecule has 0 heterocycles. The van der Waals surface area contributed by atoms with Gasteiger partial charge in [0.1, 0.15) is 11.6 Å². The lowest BCUT2D eigenvalue weighted by Crippen LogP contribution is -2.14. The summed E-state index contributed by atoms with van der Waals surface area (Å²) in [4.78, 5) is 0. The minimum Gasteiger partial charge on any atom is -0.320 e. The van der Waals surface area contributed by atoms with Gasteiger partial charge in [-0.1, -0.05) is 17.7 Å². The van der Waals surface area contributed by atoms with Crippen LogP contribution in [0, 0.1) is 25.5 Å². The maximum absolute atomic E-state index is 13.9. The van der Waals surface area contributed by atoms with Gasteiger partial charge in [-0.2, -0.15) is 0 Å². The van der Waals surface area contributed by atoms with Crippen molar-refractivity contribution in [1.29, 1.82) is 0 Å². The van der Waals surface area contributed by atoms with Crippen LogP contribution < -0.4 is 5.73 Å². The van der Waals surface area contributed by atoms with E-state index in [1.807, 2.05) is 13.0 Å². The number of benzene rings is 2. The number of rotatable bonds is 2. The molecule has 1 unspecified atom stereocenters. The molecule has 0 bridgehead atoms. The van der Waals surface area contributed by atoms with Crippen molar-refractivity contribution in [3.63, 3.8) is 0 Å². The van der Waals surface area contributed by atoms with Crippen molar-refractivity contribution < 1.29 is 8.78 Å². The topological polar surface area (TPSA) is 26.0 Å². The molecule has 100 valence electrons. The molecular formula is C15H14ClF2N. The first-order valence-electron chi connectivity index (χ1n) is 5.86. The van der Waals surface area contributed by atoms with E-state index >= 15 is 0 Å². The zero-order valence-corrected chi connectivity index (χ0v) is 11.4. The lowest BCUT2D eigenvalue weighted by atomic mass is 9.96. The molecular weight excluding hydrogens is 268 g/mol. The third-order valence-corrected chi connectivity index (χ3v) is 3.25. The molecule has 0 aliphatic rings. The van der Waals surface area contributed by atoms with E-state index in [0.717, 1.165) is 17.7 Å². The predicted octanol–water partition coefficient (Wildman–Crippen LogP) is 4.28. The fourth-order valence-electron chi connectivity index (χ4n) is 2.02. The minimum atomic E-state index is -0.743. The van der Waals surface area contributed by atoms with Gasteiger partial charge in [-0.3, -0.25) is 0 Å². The summed E-state index contributed by atoms with van der Waals surface area (Å²) in [5, 5.41) is 0.526. The Bertz CT molecular complexity index is 606. The summed E-state index contributed by atoms with van der Waals surface area (Å²) in [6.07, 6.45) is 0. The third kappa shape index (κ3) is 2.94. The van der Waals surface area contributed by atoms with Crippen molar-refractivity contribution in [3.05, 3.63) is 69.2 Å². The zero-order valence-electron chi connectivity index (χ0n) is 10.7. The summed E-state index contributed by atoms with van der Waals surface area (Å²) >= 11 is 5.95. The fourth-order valence-corrected chi connectivity index (χ4v) is 2.32. The Morgan fingerprint density at radius 2 is 1.68 bits per heavy atom. The second-order valence-electron chi connectivity index (χ2n) is 4.66. The van der Waals surface area contributed by atoms with E-state index in [-0.39, 0.29) is 11.1 Å². The van der Waals surface area contributed by atoms with Crippen LogP contribution in [-0.2, 0) is 0 Å². The van der Waals surface area contributed by atoms with Gasteiger partial charge in [-0.15, -0.1) is 0 Å². The van der Waals surface area contributed by atoms with Crippen LogP contribution in [0.4, 0.5) is 8.78 Å². The van der Waals surface area contributed by atoms with Crippen LogP contribution in [0.2, 0.25) is 5.02 Å². The molecule has 2 aromatic rings. The highest BCUT2D eigenvalue weighted by Gasteiger charge is 2.16. The zero-order chi connectivity index (χ0) is 14.2. The minimum absolute atomic E-state index is 0.129. The van der Waals surface area contributed by atoms with Crippen LogP contribution in [0.25, 0.3) is 0 Å². The van der Waals surface area contributed by atoms with Gasteiger partial charge in [-0.05, 0) is 54.8 Å². The van der Waals surface area contributed by atoms with E-state index in [2.05, 4.69) is 0 Å². The monoisotopic (exact) mass is 281 g/mol. The van der Waals surface area contributed by atoms with E-state index in [9.17, 15) is 8.78 Å². The normalized spacial score (nSPS) is 12.5. The largest absolute Gasteiger partial charge is 0.320 e. The highest BCUT2D eigenvalue weighted by Crippen LogP contribution is 2.27. The molecule has 2 rings (SSSR count). The summed E-state index contributed by atoms with van der Waals surface area (Å²) < 4.78 is 27.4. The van der Waals surface area contributed by atoms with Crippen molar-refractivity contribution in [3.8, 4) is 0 Å². The Labute approximate surface area is 116 Å². The molecule has 0 radical (unpaired) electrons. The van der Waals surface area contributed by atoms with Crippen LogP contribution in [0.3, 0.4) is 0 Å². The van der Waals surface area contributed by atoms with Crippen molar-refractivity contribution in [2.45, 2.75) is 19.9 Å². The second kappa shape index (κ2) is 5.27. The Morgan fingerprint density at radius 1 is 1.00 bits per heavy atom. The molecule has 1 nitrogen and oxygen atoms in total. The van der Waals surface area contributed by atoms with Crippen LogP contribution in [0.1, 0.15) is 28.3 Å². The van der Waals surface area contributed by atoms with E-state index in [1.165, 1.54) is 6.92 Å². The SMILES string of the molecule is Cc1cc(Cl)cc(C(N)c2cc(F)c(C)cc2F)c1. The highest BCUT2D eigenvalue weighted by molar-refractivity contribution is 6.30. The predicted molar refractivity (Wildman–Crippen MR) is 73.3 cm³/mol. The van der Waals surface area contributed by atoms with Gasteiger partial charge in [0.2, 0.25) is 0 Å². The van der Waals surface area contributed by atoms with Gasteiger partial charge < -0.3 is 5.73 Å². The highest BCUT2D eigenvalue weighted by atomic mass is 35.5. The third-order valence-electron chi connectivity index (χ3n) is 3.04. The van der Waals surface area contributed by atoms with E-state index in [0.29, 0.717) is 10.6 Å². The second-order valence-corrected chi connectivity index (χ2v) is 5.10. The first kappa shape index (κ1) is 14.0. The van der Waals surface area contributed by atoms with E-state index in [1.54, 1.807) is 12.1 Å². The Kier molecular flexibility index (Phi) is 3.88. The lowest BCUT2D eigenvalue weighted by Gasteiger charge is -2.15. The number of aryl methyl sites for hydroxylation is 2. The molecule has 0 aliphatic carbocycles. The van der Waals surface area contributed by atoms with Crippen molar-refractivity contribution in [2.75, 3.05) is 0 Å². The maximum atomic E-state index is 13.9. The molecule has 0 aromatic heterocycles. The smallest absolute Gasteiger partial charge is 0.128 e. The standard InChI is InChI=1S/C15H14ClF2N/c1-8-3-10(6-11(16)4-8)15(19)12-7-13(17)9(2)5-14(12)18/h3-7,15H,19H2,1-2H3. The quantitative estimate of drug-likeness (QED) is 0.873. The first-order valence-corrected chi connectivity index (χ1v) is 6.24. The molecule has 0 fully saturated rings. The molecule has 19 heavy (non-hydrogen) atoms. The Morgan fingerprint density at radius 3 is 2.32 bits per heavy atom. The lowest BCUT2D eigenvalue weighted by molar-refractivity contribution is 0.570. The molecule has 1 atom stereocenters. The molecule has 0 saturated heterocycles. The van der Waals surface area contributed by atoms with Crippen LogP contribution >= 0.6 is 11.6 Å². The molecule has 4 heteroatoms. The summed E-state index contributed by atoms with van der Waals surface area (Å²) in [5.74, 6) is -0.977. The number of hydrogen-bond donors (Lipinski definition) is 1. The number of halogens is 3. The van der Waals surface area contributed by atoms with E-state index < -0.39 is 17.7 Å². The average molecular weight is 282 g/mol. The summed E-state index contributed by atoms with van der Waals surface area (Å²) in [6, 6.07) is 6.81. The molecule has 0 aliphatic heterocycles. The molecule has 2 aromatic carbocycles. The van der Waals surface area contributed by atoms with Gasteiger partial charge in [-0.25, -0.2) is 8.78 Å². The fraction of sp³-hybridized carbons (Fsp3) is 0.200. The van der Waals surface area contributed by atoms with E-state index in [4.69, 9.17) is 17.3 Å². The Hall–Kier alpha value is -1.45. The van der Waals surface area contributed by atoms with Gasteiger partial charge in [0.15, 0.2) is 0 Å². The van der Waals surface area contributed by atoms with Gasteiger partial charge >= 0.3 is 0 Å². The van der Waals surface area contributed by atoms with Crippen molar-refractivity contribution in [2.24, 2.45) is 5.73 Å². The molecule has 0 saturated carbocycles. The summed E-state index contributed by atoms with van der Waals surface area (Å²) in [7, 11) is 0. The van der Waals surface area contributed by atoms with Gasteiger partial charge in [0.25, 0.3) is 0 Å². The summed E-state index contributed by atoms with van der Waals surface area (Å²) in [5.41, 5.74) is 7.98. The van der Waals surface area contributed by atoms with Crippen LogP contribution in [0.5, 0.6) is 0 Å². The van der Waals surface area contributed by atoms with Gasteiger partial charge in [0.05, 0.1) is 6.04 Å². The summed E-state index contributed by atoms with van der Waals surface area (Å²) in [6.45, 7) is 3.38. The molecule has 0 amide bonds. The van der Waals surface area contributed by atoms with Gasteiger partial charge in [0, 0.05) is 10.6 Å². The maximum Gasteiger partial charge on any atom is 0.128 e. The van der Waals surface area contributed by atoms with Crippen LogP contribution in [-0.4, -0.2) is 0 Å². The first-order chi connectivity index (χ1) is 8.88. The number of hydrogen-bond acceptors (Lipinski definition) is 1. The van der Waals surface area contributed by atoms with Crippen molar-refractivity contribution in [1.82, 2.24) is 0 Å². The van der Waals surface area contributed by atoms with Crippen LogP contribution in [0.15, 0.2) is 30.3 Å². The average Bonchev–Trinajstić information content (AvgIpc) is 2.31. The Balaban J connectivity index is 2.49. The molecule has 0 spiro atoms. The number of nitrogens with two attached hydrogens (primary N) is 1.